The van der Waals surface area contributed by atoms with Crippen LogP contribution < -0.4 is 5.32 Å². The molecule has 1 saturated heterocycles. The van der Waals surface area contributed by atoms with E-state index in [1.165, 1.54) is 10.5 Å². The number of rotatable bonds is 4. The summed E-state index contributed by atoms with van der Waals surface area (Å²) in [4.78, 5) is 25.5. The molecular weight excluding hydrogens is 252 g/mol. The van der Waals surface area contributed by atoms with Gasteiger partial charge in [-0.25, -0.2) is 4.79 Å². The maximum Gasteiger partial charge on any atom is 0.324 e. The average molecular weight is 274 g/mol. The number of carbonyl (C=O) groups is 2. The van der Waals surface area contributed by atoms with Crippen LogP contribution in [-0.2, 0) is 4.79 Å². The van der Waals surface area contributed by atoms with E-state index in [-0.39, 0.29) is 29.8 Å². The summed E-state index contributed by atoms with van der Waals surface area (Å²) in [6, 6.07) is 7.56. The molecule has 4 heteroatoms. The van der Waals surface area contributed by atoms with Crippen molar-refractivity contribution in [3.63, 3.8) is 0 Å². The summed E-state index contributed by atoms with van der Waals surface area (Å²) in [5.41, 5.74) is 2.35. The molecule has 0 radical (unpaired) electrons. The summed E-state index contributed by atoms with van der Waals surface area (Å²) in [6.45, 7) is 8.38. The topological polar surface area (TPSA) is 49.4 Å². The number of nitrogens with zero attached hydrogens (tertiary/aromatic N) is 1. The third-order valence-electron chi connectivity index (χ3n) is 3.83. The second-order valence-corrected chi connectivity index (χ2v) is 5.93. The Bertz CT molecular complexity index is 508. The van der Waals surface area contributed by atoms with Gasteiger partial charge in [0.25, 0.3) is 5.91 Å². The van der Waals surface area contributed by atoms with E-state index in [0.29, 0.717) is 6.54 Å². The molecule has 1 aromatic rings. The fraction of sp³-hybridized carbons (Fsp3) is 0.500. The van der Waals surface area contributed by atoms with Crippen molar-refractivity contribution in [2.75, 3.05) is 6.54 Å². The minimum Gasteiger partial charge on any atom is -0.326 e. The first-order valence-electron chi connectivity index (χ1n) is 7.08. The van der Waals surface area contributed by atoms with E-state index in [9.17, 15) is 9.59 Å². The maximum absolute atomic E-state index is 12.2. The van der Waals surface area contributed by atoms with Gasteiger partial charge in [0.15, 0.2) is 0 Å². The number of nitrogens with one attached hydrogen (secondary N) is 1. The minimum atomic E-state index is -0.382. The van der Waals surface area contributed by atoms with Gasteiger partial charge in [0.05, 0.1) is 0 Å². The van der Waals surface area contributed by atoms with E-state index in [1.807, 2.05) is 27.7 Å². The molecule has 0 unspecified atom stereocenters. The van der Waals surface area contributed by atoms with Crippen molar-refractivity contribution in [2.24, 2.45) is 5.92 Å². The number of benzene rings is 1. The Morgan fingerprint density at radius 2 is 1.75 bits per heavy atom. The Labute approximate surface area is 120 Å². The predicted molar refractivity (Wildman–Crippen MR) is 78.5 cm³/mol. The Hall–Kier alpha value is -1.84. The van der Waals surface area contributed by atoms with Gasteiger partial charge in [-0.05, 0) is 24.3 Å². The van der Waals surface area contributed by atoms with Crippen LogP contribution in [0.2, 0.25) is 0 Å². The zero-order chi connectivity index (χ0) is 14.9. The lowest BCUT2D eigenvalue weighted by Gasteiger charge is -2.19. The molecule has 1 N–H and O–H groups in total. The van der Waals surface area contributed by atoms with Gasteiger partial charge in [-0.1, -0.05) is 50.6 Å². The summed E-state index contributed by atoms with van der Waals surface area (Å²) in [7, 11) is 0. The highest BCUT2D eigenvalue weighted by Gasteiger charge is 2.39. The summed E-state index contributed by atoms with van der Waals surface area (Å²) >= 11 is 0. The zero-order valence-corrected chi connectivity index (χ0v) is 12.5. The van der Waals surface area contributed by atoms with Crippen LogP contribution in [0.15, 0.2) is 24.3 Å². The first-order valence-corrected chi connectivity index (χ1v) is 7.08. The Morgan fingerprint density at radius 3 is 2.25 bits per heavy atom. The molecule has 1 heterocycles. The van der Waals surface area contributed by atoms with Gasteiger partial charge >= 0.3 is 6.03 Å². The van der Waals surface area contributed by atoms with Gasteiger partial charge in [-0.15, -0.1) is 0 Å². The molecule has 2 atom stereocenters. The fourth-order valence-electron chi connectivity index (χ4n) is 2.44. The molecule has 4 nitrogen and oxygen atoms in total. The van der Waals surface area contributed by atoms with Crippen molar-refractivity contribution in [3.05, 3.63) is 35.4 Å². The van der Waals surface area contributed by atoms with Crippen molar-refractivity contribution < 1.29 is 9.59 Å². The minimum absolute atomic E-state index is 0.107. The largest absolute Gasteiger partial charge is 0.326 e. The summed E-state index contributed by atoms with van der Waals surface area (Å²) in [5, 5.41) is 2.76. The van der Waals surface area contributed by atoms with E-state index >= 15 is 0 Å². The molecule has 2 rings (SSSR count). The molecular formula is C16H22N2O2. The smallest absolute Gasteiger partial charge is 0.324 e. The normalized spacial score (nSPS) is 20.4. The number of amides is 3. The second kappa shape index (κ2) is 5.65. The predicted octanol–water partition coefficient (Wildman–Crippen LogP) is 2.67. The molecule has 1 fully saturated rings. The van der Waals surface area contributed by atoms with Crippen LogP contribution in [0, 0.1) is 12.8 Å². The van der Waals surface area contributed by atoms with E-state index in [4.69, 9.17) is 0 Å². The van der Waals surface area contributed by atoms with Crippen LogP contribution in [0.4, 0.5) is 4.79 Å². The highest BCUT2D eigenvalue weighted by atomic mass is 16.2. The van der Waals surface area contributed by atoms with Crippen LogP contribution in [0.1, 0.15) is 37.8 Å². The van der Waals surface area contributed by atoms with Crippen molar-refractivity contribution in [2.45, 2.75) is 39.7 Å². The number of aryl methyl sites for hydroxylation is 1. The Kier molecular flexibility index (Phi) is 4.12. The van der Waals surface area contributed by atoms with Crippen molar-refractivity contribution >= 4 is 11.9 Å². The van der Waals surface area contributed by atoms with Crippen LogP contribution in [0.5, 0.6) is 0 Å². The van der Waals surface area contributed by atoms with Gasteiger partial charge in [-0.2, -0.15) is 0 Å². The average Bonchev–Trinajstić information content (AvgIpc) is 2.67. The summed E-state index contributed by atoms with van der Waals surface area (Å²) in [6.07, 6.45) is 0. The first kappa shape index (κ1) is 14.6. The van der Waals surface area contributed by atoms with Crippen LogP contribution in [0.3, 0.4) is 0 Å². The second-order valence-electron chi connectivity index (χ2n) is 5.93. The lowest BCUT2D eigenvalue weighted by molar-refractivity contribution is -0.128. The first-order chi connectivity index (χ1) is 9.40. The molecule has 0 saturated carbocycles. The molecule has 1 aliphatic rings. The molecule has 20 heavy (non-hydrogen) atoms. The van der Waals surface area contributed by atoms with E-state index in [0.717, 1.165) is 5.56 Å². The Morgan fingerprint density at radius 1 is 1.15 bits per heavy atom. The quantitative estimate of drug-likeness (QED) is 0.858. The highest BCUT2D eigenvalue weighted by molar-refractivity contribution is 6.04. The van der Waals surface area contributed by atoms with E-state index < -0.39 is 0 Å². The summed E-state index contributed by atoms with van der Waals surface area (Å²) in [5.74, 6) is 0.145. The van der Waals surface area contributed by atoms with Crippen molar-refractivity contribution in [3.8, 4) is 0 Å². The molecule has 0 spiro atoms. The standard InChI is InChI=1S/C16H22N2O2/c1-10(2)14-15(19)18(16(20)17-14)9-12(4)13-7-5-11(3)6-8-13/h5-8,10,12,14H,9H2,1-4H3,(H,17,20)/t12-,14-/m0/s1. The molecule has 0 bridgehead atoms. The highest BCUT2D eigenvalue weighted by Crippen LogP contribution is 2.21. The monoisotopic (exact) mass is 274 g/mol. The molecule has 0 aromatic heterocycles. The SMILES string of the molecule is Cc1ccc([C@@H](C)CN2C(=O)N[C@@H](C(C)C)C2=O)cc1. The summed E-state index contributed by atoms with van der Waals surface area (Å²) < 4.78 is 0. The van der Waals surface area contributed by atoms with Crippen LogP contribution >= 0.6 is 0 Å². The zero-order valence-electron chi connectivity index (χ0n) is 12.5. The van der Waals surface area contributed by atoms with E-state index in [2.05, 4.69) is 29.6 Å². The molecule has 1 aromatic carbocycles. The number of hydrogen-bond acceptors (Lipinski definition) is 2. The Balaban J connectivity index is 2.08. The van der Waals surface area contributed by atoms with Gasteiger partial charge in [-0.3, -0.25) is 9.69 Å². The molecule has 108 valence electrons. The fourth-order valence-corrected chi connectivity index (χ4v) is 2.44. The van der Waals surface area contributed by atoms with Crippen molar-refractivity contribution in [1.29, 1.82) is 0 Å². The van der Waals surface area contributed by atoms with Gasteiger partial charge in [0.1, 0.15) is 6.04 Å². The van der Waals surface area contributed by atoms with Gasteiger partial charge < -0.3 is 5.32 Å². The van der Waals surface area contributed by atoms with Crippen molar-refractivity contribution in [1.82, 2.24) is 10.2 Å². The number of imide groups is 1. The number of hydrogen-bond donors (Lipinski definition) is 1. The number of carbonyl (C=O) groups excluding carboxylic acids is 2. The third-order valence-corrected chi connectivity index (χ3v) is 3.83. The van der Waals surface area contributed by atoms with E-state index in [1.54, 1.807) is 0 Å². The maximum atomic E-state index is 12.2. The third kappa shape index (κ3) is 2.84. The lowest BCUT2D eigenvalue weighted by Crippen LogP contribution is -2.36. The van der Waals surface area contributed by atoms with Gasteiger partial charge in [0.2, 0.25) is 0 Å². The molecule has 0 aliphatic carbocycles. The number of urea groups is 1. The van der Waals surface area contributed by atoms with Crippen LogP contribution in [-0.4, -0.2) is 29.4 Å². The lowest BCUT2D eigenvalue weighted by atomic mass is 9.99. The van der Waals surface area contributed by atoms with Crippen LogP contribution in [0.25, 0.3) is 0 Å². The molecule has 1 aliphatic heterocycles. The molecule has 3 amide bonds. The van der Waals surface area contributed by atoms with Gasteiger partial charge in [0, 0.05) is 6.54 Å².